The van der Waals surface area contributed by atoms with E-state index in [0.29, 0.717) is 6.42 Å². The average Bonchev–Trinajstić information content (AvgIpc) is 2.61. The molecule has 0 radical (unpaired) electrons. The number of hydrogen-bond donors (Lipinski definition) is 0. The second-order valence-electron chi connectivity index (χ2n) is 4.54. The molecule has 0 bridgehead atoms. The summed E-state index contributed by atoms with van der Waals surface area (Å²) in [6, 6.07) is 8.43. The first-order chi connectivity index (χ1) is 7.70. The summed E-state index contributed by atoms with van der Waals surface area (Å²) in [5, 5.41) is 0. The second kappa shape index (κ2) is 4.69. The number of rotatable bonds is 3. The van der Waals surface area contributed by atoms with E-state index in [-0.39, 0.29) is 18.0 Å². The van der Waals surface area contributed by atoms with Gasteiger partial charge in [-0.25, -0.2) is 0 Å². The number of carbonyl (C=O) groups excluding carboxylic acids is 1. The molecule has 0 aromatic heterocycles. The largest absolute Gasteiger partial charge is 0.462 e. The molecule has 0 amide bonds. The molecule has 86 valence electrons. The van der Waals surface area contributed by atoms with Crippen molar-refractivity contribution in [2.24, 2.45) is 0 Å². The molecule has 2 rings (SSSR count). The van der Waals surface area contributed by atoms with Crippen molar-refractivity contribution in [2.75, 3.05) is 0 Å². The van der Waals surface area contributed by atoms with Gasteiger partial charge < -0.3 is 4.74 Å². The zero-order chi connectivity index (χ0) is 11.5. The van der Waals surface area contributed by atoms with E-state index in [9.17, 15) is 4.79 Å². The lowest BCUT2D eigenvalue weighted by Gasteiger charge is -2.17. The highest BCUT2D eigenvalue weighted by molar-refractivity contribution is 5.73. The molecule has 1 aliphatic rings. The van der Waals surface area contributed by atoms with Crippen LogP contribution in [-0.4, -0.2) is 12.1 Å². The normalized spacial score (nSPS) is 24.5. The van der Waals surface area contributed by atoms with Crippen molar-refractivity contribution in [3.8, 4) is 0 Å². The van der Waals surface area contributed by atoms with Crippen LogP contribution in [0.5, 0.6) is 0 Å². The summed E-state index contributed by atoms with van der Waals surface area (Å²) in [5.74, 6) is 0.206. The highest BCUT2D eigenvalue weighted by Crippen LogP contribution is 2.34. The van der Waals surface area contributed by atoms with Gasteiger partial charge in [0.1, 0.15) is 6.10 Å². The third kappa shape index (κ3) is 2.26. The Morgan fingerprint density at radius 1 is 1.31 bits per heavy atom. The molecule has 0 aliphatic carbocycles. The highest BCUT2D eigenvalue weighted by Gasteiger charge is 2.34. The monoisotopic (exact) mass is 218 g/mol. The molecule has 0 N–H and O–H groups in total. The summed E-state index contributed by atoms with van der Waals surface area (Å²) in [7, 11) is 0. The maximum atomic E-state index is 11.4. The molecule has 1 fully saturated rings. The quantitative estimate of drug-likeness (QED) is 0.728. The Morgan fingerprint density at radius 2 is 2.00 bits per heavy atom. The lowest BCUT2D eigenvalue weighted by molar-refractivity contribution is -0.141. The van der Waals surface area contributed by atoms with Crippen LogP contribution in [0.3, 0.4) is 0 Å². The van der Waals surface area contributed by atoms with Crippen molar-refractivity contribution in [3.05, 3.63) is 35.4 Å². The third-order valence-electron chi connectivity index (χ3n) is 3.20. The predicted molar refractivity (Wildman–Crippen MR) is 63.3 cm³/mol. The van der Waals surface area contributed by atoms with Crippen molar-refractivity contribution in [1.29, 1.82) is 0 Å². The maximum Gasteiger partial charge on any atom is 0.306 e. The highest BCUT2D eigenvalue weighted by atomic mass is 16.5. The van der Waals surface area contributed by atoms with Gasteiger partial charge in [-0.2, -0.15) is 0 Å². The number of cyclic esters (lactones) is 1. The zero-order valence-electron chi connectivity index (χ0n) is 9.90. The Kier molecular flexibility index (Phi) is 3.28. The predicted octanol–water partition coefficient (Wildman–Crippen LogP) is 3.19. The second-order valence-corrected chi connectivity index (χ2v) is 4.54. The summed E-state index contributed by atoms with van der Waals surface area (Å²) in [6.45, 7) is 4.20. The third-order valence-corrected chi connectivity index (χ3v) is 3.20. The van der Waals surface area contributed by atoms with Gasteiger partial charge >= 0.3 is 5.97 Å². The van der Waals surface area contributed by atoms with E-state index in [4.69, 9.17) is 4.74 Å². The van der Waals surface area contributed by atoms with Crippen molar-refractivity contribution in [1.82, 2.24) is 0 Å². The number of carbonyl (C=O) groups is 1. The standard InChI is InChI=1S/C14H18O2/c1-3-4-13-12(9-14(15)16-13)11-7-5-10(2)6-8-11/h5-8,12-13H,3-4,9H2,1-2H3/t12-,13-/m0/s1. The van der Waals surface area contributed by atoms with Crippen LogP contribution in [0, 0.1) is 6.92 Å². The van der Waals surface area contributed by atoms with Crippen molar-refractivity contribution >= 4 is 5.97 Å². The van der Waals surface area contributed by atoms with Crippen LogP contribution in [0.15, 0.2) is 24.3 Å². The SMILES string of the molecule is CCC[C@@H]1OC(=O)C[C@H]1c1ccc(C)cc1. The van der Waals surface area contributed by atoms with Crippen LogP contribution in [0.25, 0.3) is 0 Å². The molecule has 2 nitrogen and oxygen atoms in total. The molecule has 2 atom stereocenters. The molecule has 16 heavy (non-hydrogen) atoms. The van der Waals surface area contributed by atoms with Crippen LogP contribution in [0.4, 0.5) is 0 Å². The Balaban J connectivity index is 2.18. The molecule has 0 unspecified atom stereocenters. The van der Waals surface area contributed by atoms with E-state index in [0.717, 1.165) is 12.8 Å². The number of ether oxygens (including phenoxy) is 1. The van der Waals surface area contributed by atoms with Crippen molar-refractivity contribution < 1.29 is 9.53 Å². The maximum absolute atomic E-state index is 11.4. The summed E-state index contributed by atoms with van der Waals surface area (Å²) in [6.07, 6.45) is 2.64. The molecule has 1 saturated heterocycles. The number of benzene rings is 1. The minimum absolute atomic E-state index is 0.0518. The van der Waals surface area contributed by atoms with Crippen LogP contribution in [-0.2, 0) is 9.53 Å². The van der Waals surface area contributed by atoms with E-state index in [1.54, 1.807) is 0 Å². The molecule has 1 aliphatic heterocycles. The molecule has 1 aromatic carbocycles. The molecule has 0 spiro atoms. The Labute approximate surface area is 96.6 Å². The van der Waals surface area contributed by atoms with E-state index >= 15 is 0 Å². The van der Waals surface area contributed by atoms with Gasteiger partial charge in [-0.05, 0) is 18.9 Å². The zero-order valence-corrected chi connectivity index (χ0v) is 9.90. The lowest BCUT2D eigenvalue weighted by atomic mass is 9.90. The Morgan fingerprint density at radius 3 is 2.62 bits per heavy atom. The van der Waals surface area contributed by atoms with Gasteiger partial charge in [-0.3, -0.25) is 4.79 Å². The van der Waals surface area contributed by atoms with Crippen LogP contribution in [0.1, 0.15) is 43.2 Å². The molecule has 0 saturated carbocycles. The minimum atomic E-state index is -0.0518. The summed E-state index contributed by atoms with van der Waals surface area (Å²) in [4.78, 5) is 11.4. The van der Waals surface area contributed by atoms with Gasteiger partial charge in [0.2, 0.25) is 0 Å². The molecule has 1 heterocycles. The van der Waals surface area contributed by atoms with Gasteiger partial charge in [0.15, 0.2) is 0 Å². The number of aryl methyl sites for hydroxylation is 1. The number of esters is 1. The average molecular weight is 218 g/mol. The van der Waals surface area contributed by atoms with Crippen molar-refractivity contribution in [2.45, 2.75) is 45.1 Å². The first-order valence-electron chi connectivity index (χ1n) is 5.96. The smallest absolute Gasteiger partial charge is 0.306 e. The van der Waals surface area contributed by atoms with Crippen LogP contribution < -0.4 is 0 Å². The van der Waals surface area contributed by atoms with Crippen LogP contribution in [0.2, 0.25) is 0 Å². The van der Waals surface area contributed by atoms with Gasteiger partial charge in [-0.15, -0.1) is 0 Å². The van der Waals surface area contributed by atoms with E-state index in [2.05, 4.69) is 38.1 Å². The van der Waals surface area contributed by atoms with Gasteiger partial charge in [0.25, 0.3) is 0 Å². The molecule has 2 heteroatoms. The lowest BCUT2D eigenvalue weighted by Crippen LogP contribution is -2.14. The summed E-state index contributed by atoms with van der Waals surface area (Å²) >= 11 is 0. The van der Waals surface area contributed by atoms with Crippen LogP contribution >= 0.6 is 0 Å². The fourth-order valence-corrected chi connectivity index (χ4v) is 2.30. The summed E-state index contributed by atoms with van der Waals surface area (Å²) in [5.41, 5.74) is 2.48. The minimum Gasteiger partial charge on any atom is -0.462 e. The van der Waals surface area contributed by atoms with Crippen molar-refractivity contribution in [3.63, 3.8) is 0 Å². The van der Waals surface area contributed by atoms with E-state index in [1.165, 1.54) is 11.1 Å². The van der Waals surface area contributed by atoms with Gasteiger partial charge in [0.05, 0.1) is 6.42 Å². The first kappa shape index (κ1) is 11.2. The fourth-order valence-electron chi connectivity index (χ4n) is 2.30. The topological polar surface area (TPSA) is 26.3 Å². The van der Waals surface area contributed by atoms with E-state index < -0.39 is 0 Å². The summed E-state index contributed by atoms with van der Waals surface area (Å²) < 4.78 is 5.36. The molecule has 1 aromatic rings. The fraction of sp³-hybridized carbons (Fsp3) is 0.500. The number of hydrogen-bond acceptors (Lipinski definition) is 2. The molecular formula is C14H18O2. The van der Waals surface area contributed by atoms with E-state index in [1.807, 2.05) is 0 Å². The first-order valence-corrected chi connectivity index (χ1v) is 5.96. The Bertz CT molecular complexity index is 367. The van der Waals surface area contributed by atoms with Gasteiger partial charge in [0, 0.05) is 5.92 Å². The molecular weight excluding hydrogens is 200 g/mol. The Hall–Kier alpha value is -1.31. The van der Waals surface area contributed by atoms with Gasteiger partial charge in [-0.1, -0.05) is 43.2 Å².